The minimum absolute atomic E-state index is 0.252. The van der Waals surface area contributed by atoms with Crippen LogP contribution in [0.3, 0.4) is 0 Å². The zero-order valence-electron chi connectivity index (χ0n) is 13.2. The van der Waals surface area contributed by atoms with E-state index in [1.165, 1.54) is 11.1 Å². The smallest absolute Gasteiger partial charge is 0.399 e. The van der Waals surface area contributed by atoms with Crippen LogP contribution in [0.15, 0.2) is 18.2 Å². The van der Waals surface area contributed by atoms with Gasteiger partial charge in [0.2, 0.25) is 0 Å². The maximum absolute atomic E-state index is 6.13. The minimum Gasteiger partial charge on any atom is -0.399 e. The van der Waals surface area contributed by atoms with Crippen LogP contribution in [0.2, 0.25) is 0 Å². The van der Waals surface area contributed by atoms with Crippen LogP contribution in [0.1, 0.15) is 38.8 Å². The fourth-order valence-corrected chi connectivity index (χ4v) is 2.84. The van der Waals surface area contributed by atoms with E-state index in [9.17, 15) is 0 Å². The Labute approximate surface area is 122 Å². The fourth-order valence-electron chi connectivity index (χ4n) is 2.84. The minimum atomic E-state index is -0.273. The lowest BCUT2D eigenvalue weighted by atomic mass is 9.77. The maximum Gasteiger partial charge on any atom is 0.494 e. The highest BCUT2D eigenvalue weighted by molar-refractivity contribution is 6.62. The molecule has 0 saturated carbocycles. The second kappa shape index (κ2) is 4.59. The molecule has 1 fully saturated rings. The van der Waals surface area contributed by atoms with Gasteiger partial charge in [0.15, 0.2) is 0 Å². The van der Waals surface area contributed by atoms with Crippen molar-refractivity contribution in [3.05, 3.63) is 29.3 Å². The van der Waals surface area contributed by atoms with Crippen molar-refractivity contribution in [3.8, 4) is 0 Å². The average Bonchev–Trinajstić information content (AvgIpc) is 2.57. The summed E-state index contributed by atoms with van der Waals surface area (Å²) in [5.74, 6) is 0. The highest BCUT2D eigenvalue weighted by atomic mass is 16.7. The van der Waals surface area contributed by atoms with Crippen LogP contribution in [0.4, 0.5) is 0 Å². The molecule has 0 radical (unpaired) electrons. The van der Waals surface area contributed by atoms with Gasteiger partial charge in [-0.1, -0.05) is 18.2 Å². The molecule has 0 N–H and O–H groups in total. The van der Waals surface area contributed by atoms with Crippen LogP contribution < -0.4 is 5.46 Å². The molecule has 1 saturated heterocycles. The summed E-state index contributed by atoms with van der Waals surface area (Å²) < 4.78 is 12.3. The van der Waals surface area contributed by atoms with Gasteiger partial charge in [-0.3, -0.25) is 0 Å². The van der Waals surface area contributed by atoms with Gasteiger partial charge in [-0.2, -0.15) is 0 Å². The quantitative estimate of drug-likeness (QED) is 0.730. The molecule has 0 aliphatic carbocycles. The zero-order valence-corrected chi connectivity index (χ0v) is 13.2. The Morgan fingerprint density at radius 2 is 1.70 bits per heavy atom. The second-order valence-corrected chi connectivity index (χ2v) is 7.10. The zero-order chi connectivity index (χ0) is 14.5. The van der Waals surface area contributed by atoms with Crippen molar-refractivity contribution < 1.29 is 9.31 Å². The predicted octanol–water partition coefficient (Wildman–Crippen LogP) is 1.97. The molecule has 3 rings (SSSR count). The number of fused-ring (bicyclic) bond motifs is 1. The van der Waals surface area contributed by atoms with Crippen molar-refractivity contribution in [2.45, 2.75) is 51.9 Å². The molecular formula is C16H24BNO2. The van der Waals surface area contributed by atoms with E-state index in [0.717, 1.165) is 25.0 Å². The van der Waals surface area contributed by atoms with E-state index in [1.807, 2.05) is 0 Å². The first-order chi connectivity index (χ1) is 9.28. The van der Waals surface area contributed by atoms with Crippen LogP contribution in [0.25, 0.3) is 0 Å². The summed E-state index contributed by atoms with van der Waals surface area (Å²) >= 11 is 0. The maximum atomic E-state index is 6.13. The van der Waals surface area contributed by atoms with Crippen molar-refractivity contribution in [2.24, 2.45) is 0 Å². The lowest BCUT2D eigenvalue weighted by Gasteiger charge is -2.32. The summed E-state index contributed by atoms with van der Waals surface area (Å²) in [6, 6.07) is 6.65. The standard InChI is InChI=1S/C16H24BNO2/c1-15(2)16(3,4)20-17(19-15)14-7-6-12-8-9-18(5)11-13(12)10-14/h6-7,10H,8-9,11H2,1-5H3. The van der Waals surface area contributed by atoms with Crippen molar-refractivity contribution in [1.29, 1.82) is 0 Å². The van der Waals surface area contributed by atoms with Gasteiger partial charge in [-0.15, -0.1) is 0 Å². The Hall–Kier alpha value is -0.835. The Balaban J connectivity index is 1.88. The van der Waals surface area contributed by atoms with Crippen molar-refractivity contribution in [2.75, 3.05) is 13.6 Å². The largest absolute Gasteiger partial charge is 0.494 e. The molecule has 1 aromatic carbocycles. The third-order valence-corrected chi connectivity index (χ3v) is 4.96. The van der Waals surface area contributed by atoms with Gasteiger partial charge in [-0.25, -0.2) is 0 Å². The number of hydrogen-bond donors (Lipinski definition) is 0. The summed E-state index contributed by atoms with van der Waals surface area (Å²) in [7, 11) is 1.92. The van der Waals surface area contributed by atoms with E-state index in [4.69, 9.17) is 9.31 Å². The summed E-state index contributed by atoms with van der Waals surface area (Å²) in [5, 5.41) is 0. The second-order valence-electron chi connectivity index (χ2n) is 7.10. The number of hydrogen-bond acceptors (Lipinski definition) is 3. The van der Waals surface area contributed by atoms with Gasteiger partial charge in [-0.05, 0) is 57.8 Å². The van der Waals surface area contributed by atoms with Crippen LogP contribution >= 0.6 is 0 Å². The predicted molar refractivity (Wildman–Crippen MR) is 82.2 cm³/mol. The van der Waals surface area contributed by atoms with E-state index in [0.29, 0.717) is 0 Å². The van der Waals surface area contributed by atoms with E-state index in [1.54, 1.807) is 0 Å². The van der Waals surface area contributed by atoms with Gasteiger partial charge < -0.3 is 14.2 Å². The van der Waals surface area contributed by atoms with Gasteiger partial charge in [0.05, 0.1) is 11.2 Å². The molecule has 0 amide bonds. The monoisotopic (exact) mass is 273 g/mol. The van der Waals surface area contributed by atoms with Gasteiger partial charge >= 0.3 is 7.12 Å². The molecule has 4 heteroatoms. The average molecular weight is 273 g/mol. The van der Waals surface area contributed by atoms with Gasteiger partial charge in [0.1, 0.15) is 0 Å². The fraction of sp³-hybridized carbons (Fsp3) is 0.625. The molecule has 2 aliphatic heterocycles. The Kier molecular flexibility index (Phi) is 3.24. The first-order valence-corrected chi connectivity index (χ1v) is 7.44. The third-order valence-electron chi connectivity index (χ3n) is 4.96. The van der Waals surface area contributed by atoms with Gasteiger partial charge in [0, 0.05) is 13.1 Å². The first-order valence-electron chi connectivity index (χ1n) is 7.44. The molecular weight excluding hydrogens is 249 g/mol. The normalized spacial score (nSPS) is 24.8. The number of likely N-dealkylation sites (N-methyl/N-ethyl adjacent to an activating group) is 1. The molecule has 3 nitrogen and oxygen atoms in total. The lowest BCUT2D eigenvalue weighted by Crippen LogP contribution is -2.41. The lowest BCUT2D eigenvalue weighted by molar-refractivity contribution is 0.00578. The molecule has 0 aromatic heterocycles. The van der Waals surface area contributed by atoms with Crippen molar-refractivity contribution in [1.82, 2.24) is 4.90 Å². The van der Waals surface area contributed by atoms with Crippen molar-refractivity contribution >= 4 is 12.6 Å². The molecule has 20 heavy (non-hydrogen) atoms. The Bertz CT molecular complexity index is 511. The number of benzene rings is 1. The van der Waals surface area contributed by atoms with Crippen LogP contribution in [-0.2, 0) is 22.3 Å². The van der Waals surface area contributed by atoms with E-state index >= 15 is 0 Å². The molecule has 0 atom stereocenters. The first kappa shape index (κ1) is 14.1. The highest BCUT2D eigenvalue weighted by Gasteiger charge is 2.51. The summed E-state index contributed by atoms with van der Waals surface area (Å²) in [6.45, 7) is 10.5. The Morgan fingerprint density at radius 1 is 1.05 bits per heavy atom. The highest BCUT2D eigenvalue weighted by Crippen LogP contribution is 2.36. The summed E-state index contributed by atoms with van der Waals surface area (Å²) in [4.78, 5) is 2.36. The summed E-state index contributed by atoms with van der Waals surface area (Å²) in [6.07, 6.45) is 1.13. The molecule has 0 unspecified atom stereocenters. The van der Waals surface area contributed by atoms with Crippen molar-refractivity contribution in [3.63, 3.8) is 0 Å². The molecule has 1 aromatic rings. The van der Waals surface area contributed by atoms with Gasteiger partial charge in [0.25, 0.3) is 0 Å². The Morgan fingerprint density at radius 3 is 2.35 bits per heavy atom. The van der Waals surface area contributed by atoms with Crippen LogP contribution in [0, 0.1) is 0 Å². The molecule has 108 valence electrons. The molecule has 0 spiro atoms. The SMILES string of the molecule is CN1CCc2ccc(B3OC(C)(C)C(C)(C)O3)cc2C1. The van der Waals surface area contributed by atoms with E-state index in [-0.39, 0.29) is 18.3 Å². The third kappa shape index (κ3) is 2.30. The van der Waals surface area contributed by atoms with E-state index in [2.05, 4.69) is 57.8 Å². The number of nitrogens with zero attached hydrogens (tertiary/aromatic N) is 1. The summed E-state index contributed by atoms with van der Waals surface area (Å²) in [5.41, 5.74) is 3.46. The van der Waals surface area contributed by atoms with Crippen LogP contribution in [0.5, 0.6) is 0 Å². The molecule has 2 heterocycles. The molecule has 0 bridgehead atoms. The van der Waals surface area contributed by atoms with E-state index < -0.39 is 0 Å². The van der Waals surface area contributed by atoms with Crippen LogP contribution in [-0.4, -0.2) is 36.8 Å². The number of rotatable bonds is 1. The molecule has 2 aliphatic rings. The topological polar surface area (TPSA) is 21.7 Å².